The molecule has 1 N–H and O–H groups in total. The molecule has 36 heavy (non-hydrogen) atoms. The molecule has 3 heterocycles. The first-order valence-corrected chi connectivity index (χ1v) is 12.0. The number of fused-ring (bicyclic) bond motifs is 2. The molecule has 180 valence electrons. The van der Waals surface area contributed by atoms with Crippen LogP contribution in [-0.4, -0.2) is 25.2 Å². The van der Waals surface area contributed by atoms with Gasteiger partial charge in [0.25, 0.3) is 11.5 Å². The number of nitrogens with zero attached hydrogens (tertiary/aromatic N) is 4. The second kappa shape index (κ2) is 8.64. The molecule has 0 aliphatic heterocycles. The average Bonchev–Trinajstić information content (AvgIpc) is 3.47. The van der Waals surface area contributed by atoms with Crippen LogP contribution in [0.4, 0.5) is 5.82 Å². The Balaban J connectivity index is 1.44. The van der Waals surface area contributed by atoms with E-state index in [4.69, 9.17) is 9.52 Å². The summed E-state index contributed by atoms with van der Waals surface area (Å²) in [6.07, 6.45) is 5.99. The van der Waals surface area contributed by atoms with Crippen LogP contribution in [0.15, 0.2) is 70.1 Å². The molecular weight excluding hydrogens is 454 g/mol. The van der Waals surface area contributed by atoms with E-state index in [1.54, 1.807) is 18.7 Å². The van der Waals surface area contributed by atoms with Crippen molar-refractivity contribution in [1.82, 2.24) is 19.3 Å². The Labute approximate surface area is 207 Å². The van der Waals surface area contributed by atoms with Crippen molar-refractivity contribution >= 4 is 22.8 Å². The van der Waals surface area contributed by atoms with Gasteiger partial charge in [0, 0.05) is 18.7 Å². The fraction of sp³-hybridized carbons (Fsp3) is 0.214. The minimum Gasteiger partial charge on any atom is -0.442 e. The minimum atomic E-state index is -0.453. The fourth-order valence-electron chi connectivity index (χ4n) is 4.91. The van der Waals surface area contributed by atoms with Gasteiger partial charge >= 0.3 is 0 Å². The molecule has 2 aromatic carbocycles. The van der Waals surface area contributed by atoms with Crippen molar-refractivity contribution in [3.05, 3.63) is 93.7 Å². The van der Waals surface area contributed by atoms with Crippen molar-refractivity contribution in [3.8, 4) is 16.9 Å². The van der Waals surface area contributed by atoms with Crippen molar-refractivity contribution in [3.63, 3.8) is 0 Å². The van der Waals surface area contributed by atoms with Crippen LogP contribution in [0.25, 0.3) is 28.0 Å². The van der Waals surface area contributed by atoms with Crippen LogP contribution in [0, 0.1) is 6.92 Å². The summed E-state index contributed by atoms with van der Waals surface area (Å²) in [4.78, 5) is 30.4. The van der Waals surface area contributed by atoms with Crippen molar-refractivity contribution in [2.75, 3.05) is 5.32 Å². The zero-order valence-corrected chi connectivity index (χ0v) is 20.1. The fourth-order valence-corrected chi connectivity index (χ4v) is 4.91. The maximum atomic E-state index is 13.5. The number of nitrogens with one attached hydrogen (secondary N) is 1. The molecule has 1 aliphatic rings. The summed E-state index contributed by atoms with van der Waals surface area (Å²) in [7, 11) is 1.59. The maximum Gasteiger partial charge on any atom is 0.265 e. The van der Waals surface area contributed by atoms with Gasteiger partial charge < -0.3 is 14.3 Å². The van der Waals surface area contributed by atoms with Gasteiger partial charge in [-0.1, -0.05) is 30.3 Å². The number of rotatable bonds is 4. The standard InChI is InChI=1S/C28H25N5O3/c1-17-24(25-27(36-17)29-16-32(2)28(25)35)26(34)30-23-15-22(31-33(23)21-10-4-3-5-11-21)20-13-12-18-8-6-7-9-19(18)14-20/h3-5,10-16H,6-9H2,1-2H3,(H,30,34). The Bertz CT molecular complexity index is 1680. The van der Waals surface area contributed by atoms with Crippen LogP contribution in [0.3, 0.4) is 0 Å². The van der Waals surface area contributed by atoms with Crippen LogP contribution in [0.1, 0.15) is 40.1 Å². The van der Waals surface area contributed by atoms with E-state index < -0.39 is 5.91 Å². The van der Waals surface area contributed by atoms with E-state index in [2.05, 4.69) is 28.5 Å². The van der Waals surface area contributed by atoms with E-state index in [9.17, 15) is 9.59 Å². The van der Waals surface area contributed by atoms with Gasteiger partial charge in [0.05, 0.1) is 16.9 Å². The average molecular weight is 480 g/mol. The smallest absolute Gasteiger partial charge is 0.265 e. The number of amides is 1. The highest BCUT2D eigenvalue weighted by Crippen LogP contribution is 2.30. The zero-order valence-electron chi connectivity index (χ0n) is 20.1. The molecule has 0 fully saturated rings. The lowest BCUT2D eigenvalue weighted by atomic mass is 9.90. The summed E-state index contributed by atoms with van der Waals surface area (Å²) in [6, 6.07) is 18.0. The van der Waals surface area contributed by atoms with Gasteiger partial charge in [0.2, 0.25) is 5.71 Å². The molecule has 0 saturated heterocycles. The van der Waals surface area contributed by atoms with Crippen molar-refractivity contribution < 1.29 is 9.21 Å². The highest BCUT2D eigenvalue weighted by molar-refractivity contribution is 6.12. The molecule has 8 nitrogen and oxygen atoms in total. The lowest BCUT2D eigenvalue weighted by Gasteiger charge is -2.16. The molecule has 1 amide bonds. The van der Waals surface area contributed by atoms with Crippen LogP contribution >= 0.6 is 0 Å². The monoisotopic (exact) mass is 479 g/mol. The minimum absolute atomic E-state index is 0.145. The summed E-state index contributed by atoms with van der Waals surface area (Å²) in [5.41, 5.74) is 5.32. The maximum absolute atomic E-state index is 13.5. The van der Waals surface area contributed by atoms with Gasteiger partial charge in [-0.2, -0.15) is 5.10 Å². The number of anilines is 1. The predicted octanol–water partition coefficient (Wildman–Crippen LogP) is 4.82. The number of benzene rings is 2. The van der Waals surface area contributed by atoms with Crippen molar-refractivity contribution in [2.45, 2.75) is 32.6 Å². The Morgan fingerprint density at radius 2 is 1.81 bits per heavy atom. The molecule has 6 rings (SSSR count). The lowest BCUT2D eigenvalue weighted by molar-refractivity contribution is 0.102. The van der Waals surface area contributed by atoms with Crippen LogP contribution in [0.5, 0.6) is 0 Å². The largest absolute Gasteiger partial charge is 0.442 e. The molecule has 0 saturated carbocycles. The Morgan fingerprint density at radius 1 is 1.03 bits per heavy atom. The third kappa shape index (κ3) is 3.71. The number of hydrogen-bond donors (Lipinski definition) is 1. The molecule has 3 aromatic heterocycles. The normalized spacial score (nSPS) is 13.1. The number of para-hydroxylation sites is 1. The summed E-state index contributed by atoms with van der Waals surface area (Å²) in [6.45, 7) is 1.66. The second-order valence-electron chi connectivity index (χ2n) is 9.18. The second-order valence-corrected chi connectivity index (χ2v) is 9.18. The lowest BCUT2D eigenvalue weighted by Crippen LogP contribution is -2.21. The van der Waals surface area contributed by atoms with E-state index in [1.807, 2.05) is 36.4 Å². The van der Waals surface area contributed by atoms with Gasteiger partial charge in [-0.3, -0.25) is 9.59 Å². The topological polar surface area (TPSA) is 94.9 Å². The first-order valence-electron chi connectivity index (χ1n) is 12.0. The van der Waals surface area contributed by atoms with Crippen molar-refractivity contribution in [1.29, 1.82) is 0 Å². The Hall–Kier alpha value is -4.46. The van der Waals surface area contributed by atoms with E-state index in [0.29, 0.717) is 11.6 Å². The number of carbonyl (C=O) groups is 1. The molecule has 0 unspecified atom stereocenters. The number of carbonyl (C=O) groups excluding carboxylic acids is 1. The molecule has 0 bridgehead atoms. The first-order chi connectivity index (χ1) is 17.5. The summed E-state index contributed by atoms with van der Waals surface area (Å²) in [5.74, 6) is 0.373. The van der Waals surface area contributed by atoms with Crippen molar-refractivity contribution in [2.24, 2.45) is 7.05 Å². The molecule has 0 atom stereocenters. The third-order valence-corrected chi connectivity index (χ3v) is 6.77. The summed E-state index contributed by atoms with van der Waals surface area (Å²) < 4.78 is 8.67. The highest BCUT2D eigenvalue weighted by Gasteiger charge is 2.24. The number of aryl methyl sites for hydroxylation is 4. The SMILES string of the molecule is Cc1oc2ncn(C)c(=O)c2c1C(=O)Nc1cc(-c2ccc3c(c2)CCCC3)nn1-c1ccccc1. The summed E-state index contributed by atoms with van der Waals surface area (Å²) in [5, 5.41) is 7.98. The highest BCUT2D eigenvalue weighted by atomic mass is 16.3. The molecule has 8 heteroatoms. The van der Waals surface area contributed by atoms with E-state index in [1.165, 1.54) is 34.9 Å². The van der Waals surface area contributed by atoms with E-state index in [0.717, 1.165) is 29.8 Å². The molecule has 1 aliphatic carbocycles. The number of aromatic nitrogens is 4. The number of furan rings is 1. The predicted molar refractivity (Wildman–Crippen MR) is 138 cm³/mol. The van der Waals surface area contributed by atoms with Gasteiger partial charge in [0.15, 0.2) is 0 Å². The number of hydrogen-bond acceptors (Lipinski definition) is 5. The van der Waals surface area contributed by atoms with Gasteiger partial charge in [0.1, 0.15) is 23.3 Å². The van der Waals surface area contributed by atoms with Gasteiger partial charge in [-0.25, -0.2) is 9.67 Å². The third-order valence-electron chi connectivity index (χ3n) is 6.77. The first kappa shape index (κ1) is 22.0. The molecule has 5 aromatic rings. The van der Waals surface area contributed by atoms with Crippen LogP contribution in [0.2, 0.25) is 0 Å². The van der Waals surface area contributed by atoms with Crippen LogP contribution in [-0.2, 0) is 19.9 Å². The Kier molecular flexibility index (Phi) is 5.29. The quantitative estimate of drug-likeness (QED) is 0.399. The van der Waals surface area contributed by atoms with Gasteiger partial charge in [-0.15, -0.1) is 0 Å². The Morgan fingerprint density at radius 3 is 2.61 bits per heavy atom. The molecule has 0 spiro atoms. The van der Waals surface area contributed by atoms with Gasteiger partial charge in [-0.05, 0) is 61.9 Å². The molecular formula is C28H25N5O3. The molecule has 0 radical (unpaired) electrons. The van der Waals surface area contributed by atoms with E-state index in [-0.39, 0.29) is 22.2 Å². The summed E-state index contributed by atoms with van der Waals surface area (Å²) >= 11 is 0. The van der Waals surface area contributed by atoms with Crippen LogP contribution < -0.4 is 10.9 Å². The zero-order chi connectivity index (χ0) is 24.8. The van der Waals surface area contributed by atoms with E-state index >= 15 is 0 Å².